The van der Waals surface area contributed by atoms with Gasteiger partial charge in [-0.3, -0.25) is 0 Å². The van der Waals surface area contributed by atoms with Gasteiger partial charge in [-0.15, -0.1) is 0 Å². The molecule has 1 saturated heterocycles. The highest BCUT2D eigenvalue weighted by atomic mass is 32.2. The van der Waals surface area contributed by atoms with E-state index in [0.717, 1.165) is 12.8 Å². The molecule has 1 aliphatic rings. The van der Waals surface area contributed by atoms with E-state index >= 15 is 0 Å². The first-order chi connectivity index (χ1) is 10.1. The summed E-state index contributed by atoms with van der Waals surface area (Å²) in [6.07, 6.45) is 1.95. The van der Waals surface area contributed by atoms with E-state index in [2.05, 4.69) is 16.6 Å². The maximum Gasteiger partial charge on any atom is 0.242 e. The first-order valence-corrected chi connectivity index (χ1v) is 8.40. The minimum Gasteiger partial charge on any atom is -0.395 e. The molecule has 0 spiro atoms. The quantitative estimate of drug-likeness (QED) is 0.810. The number of hydrogen-bond donors (Lipinski definition) is 2. The number of sulfonamides is 1. The zero-order chi connectivity index (χ0) is 15.1. The molecule has 114 valence electrons. The molecule has 1 aliphatic heterocycles. The van der Waals surface area contributed by atoms with Crippen LogP contribution >= 0.6 is 0 Å². The summed E-state index contributed by atoms with van der Waals surface area (Å²) in [6.45, 7) is 1.04. The van der Waals surface area contributed by atoms with Crippen molar-refractivity contribution in [2.75, 3.05) is 19.8 Å². The summed E-state index contributed by atoms with van der Waals surface area (Å²) in [5.74, 6) is 5.55. The third kappa shape index (κ3) is 4.55. The molecule has 6 heteroatoms. The van der Waals surface area contributed by atoms with Gasteiger partial charge in [0.25, 0.3) is 0 Å². The lowest BCUT2D eigenvalue weighted by Crippen LogP contribution is -2.40. The van der Waals surface area contributed by atoms with Crippen molar-refractivity contribution in [2.24, 2.45) is 0 Å². The van der Waals surface area contributed by atoms with Gasteiger partial charge in [-0.1, -0.05) is 24.0 Å². The summed E-state index contributed by atoms with van der Waals surface area (Å²) in [4.78, 5) is 0.168. The molecular weight excluding hydrogens is 290 g/mol. The van der Waals surface area contributed by atoms with Gasteiger partial charge >= 0.3 is 0 Å². The Morgan fingerprint density at radius 3 is 2.90 bits per heavy atom. The van der Waals surface area contributed by atoms with Gasteiger partial charge < -0.3 is 9.84 Å². The van der Waals surface area contributed by atoms with E-state index in [1.807, 2.05) is 0 Å². The average molecular weight is 309 g/mol. The van der Waals surface area contributed by atoms with Crippen molar-refractivity contribution in [2.45, 2.75) is 30.2 Å². The minimum absolute atomic E-state index is 0.0421. The second-order valence-corrected chi connectivity index (χ2v) is 6.49. The number of rotatable bonds is 4. The number of aliphatic hydroxyl groups is 1. The first-order valence-electron chi connectivity index (χ1n) is 6.92. The minimum atomic E-state index is -3.62. The van der Waals surface area contributed by atoms with E-state index in [1.54, 1.807) is 18.2 Å². The van der Waals surface area contributed by atoms with Gasteiger partial charge in [0.05, 0.1) is 18.1 Å². The standard InChI is InChI=1S/C15H19NO4S/c17-10-4-3-7-13-6-1-2-9-15(13)21(18,19)16-14-8-5-11-20-12-14/h1-2,6,9,14,16-17H,4-5,8,10-12H2. The summed E-state index contributed by atoms with van der Waals surface area (Å²) in [6, 6.07) is 6.42. The van der Waals surface area contributed by atoms with Crippen LogP contribution in [-0.2, 0) is 14.8 Å². The monoisotopic (exact) mass is 309 g/mol. The molecule has 0 saturated carbocycles. The lowest BCUT2D eigenvalue weighted by atomic mass is 10.1. The van der Waals surface area contributed by atoms with Gasteiger partial charge in [-0.25, -0.2) is 13.1 Å². The zero-order valence-corrected chi connectivity index (χ0v) is 12.5. The molecule has 0 bridgehead atoms. The number of benzene rings is 1. The third-order valence-corrected chi connectivity index (χ3v) is 4.70. The van der Waals surface area contributed by atoms with Crippen molar-refractivity contribution in [1.29, 1.82) is 0 Å². The molecule has 0 aliphatic carbocycles. The zero-order valence-electron chi connectivity index (χ0n) is 11.7. The maximum absolute atomic E-state index is 12.5. The SMILES string of the molecule is O=S(=O)(NC1CCCOC1)c1ccccc1C#CCCO. The van der Waals surface area contributed by atoms with Gasteiger partial charge in [0, 0.05) is 24.6 Å². The molecule has 1 fully saturated rings. The molecule has 5 nitrogen and oxygen atoms in total. The molecule has 1 unspecified atom stereocenters. The first kappa shape index (κ1) is 16.0. The van der Waals surface area contributed by atoms with Crippen LogP contribution in [0.4, 0.5) is 0 Å². The largest absolute Gasteiger partial charge is 0.395 e. The third-order valence-electron chi connectivity index (χ3n) is 3.12. The van der Waals surface area contributed by atoms with E-state index in [9.17, 15) is 8.42 Å². The highest BCUT2D eigenvalue weighted by molar-refractivity contribution is 7.89. The Morgan fingerprint density at radius 2 is 2.19 bits per heavy atom. The Balaban J connectivity index is 2.21. The molecular formula is C15H19NO4S. The normalized spacial score (nSPS) is 18.8. The Labute approximate surface area is 125 Å². The van der Waals surface area contributed by atoms with Crippen molar-refractivity contribution in [3.8, 4) is 11.8 Å². The fraction of sp³-hybridized carbons (Fsp3) is 0.467. The molecule has 21 heavy (non-hydrogen) atoms. The summed E-state index contributed by atoms with van der Waals surface area (Å²) in [5.41, 5.74) is 0.440. The van der Waals surface area contributed by atoms with Crippen LogP contribution in [0, 0.1) is 11.8 Å². The molecule has 1 heterocycles. The van der Waals surface area contributed by atoms with Crippen molar-refractivity contribution >= 4 is 10.0 Å². The van der Waals surface area contributed by atoms with Gasteiger partial charge in [0.2, 0.25) is 10.0 Å². The van der Waals surface area contributed by atoms with Crippen molar-refractivity contribution in [3.05, 3.63) is 29.8 Å². The smallest absolute Gasteiger partial charge is 0.242 e. The van der Waals surface area contributed by atoms with Gasteiger partial charge in [-0.05, 0) is 25.0 Å². The number of hydrogen-bond acceptors (Lipinski definition) is 4. The Hall–Kier alpha value is -1.39. The van der Waals surface area contributed by atoms with Gasteiger partial charge in [0.1, 0.15) is 0 Å². The van der Waals surface area contributed by atoms with Crippen LogP contribution in [0.25, 0.3) is 0 Å². The predicted octanol–water partition coefficient (Wildman–Crippen LogP) is 0.878. The Morgan fingerprint density at radius 1 is 1.38 bits per heavy atom. The molecule has 1 atom stereocenters. The summed E-state index contributed by atoms with van der Waals surface area (Å²) >= 11 is 0. The molecule has 2 rings (SSSR count). The van der Waals surface area contributed by atoms with Gasteiger partial charge in [0.15, 0.2) is 0 Å². The topological polar surface area (TPSA) is 75.6 Å². The molecule has 2 N–H and O–H groups in total. The number of nitrogens with one attached hydrogen (secondary N) is 1. The van der Waals surface area contributed by atoms with Crippen LogP contribution < -0.4 is 4.72 Å². The summed E-state index contributed by atoms with van der Waals surface area (Å²) < 4.78 is 32.9. The molecule has 0 aromatic heterocycles. The number of aliphatic hydroxyl groups excluding tert-OH is 1. The average Bonchev–Trinajstić information content (AvgIpc) is 2.48. The highest BCUT2D eigenvalue weighted by Crippen LogP contribution is 2.16. The van der Waals surface area contributed by atoms with Gasteiger partial charge in [-0.2, -0.15) is 0 Å². The van der Waals surface area contributed by atoms with E-state index in [1.165, 1.54) is 6.07 Å². The second kappa shape index (κ2) is 7.57. The number of ether oxygens (including phenoxy) is 1. The summed E-state index contributed by atoms with van der Waals surface area (Å²) in [7, 11) is -3.62. The molecule has 0 amide bonds. The fourth-order valence-corrected chi connectivity index (χ4v) is 3.55. The second-order valence-electron chi connectivity index (χ2n) is 4.81. The van der Waals surface area contributed by atoms with Crippen LogP contribution in [0.5, 0.6) is 0 Å². The van der Waals surface area contributed by atoms with Crippen molar-refractivity contribution in [1.82, 2.24) is 4.72 Å². The lowest BCUT2D eigenvalue weighted by molar-refractivity contribution is 0.0774. The van der Waals surface area contributed by atoms with Crippen LogP contribution in [-0.4, -0.2) is 39.4 Å². The molecule has 1 aromatic carbocycles. The lowest BCUT2D eigenvalue weighted by Gasteiger charge is -2.23. The van der Waals surface area contributed by atoms with Crippen molar-refractivity contribution < 1.29 is 18.3 Å². The fourth-order valence-electron chi connectivity index (χ4n) is 2.13. The Bertz CT molecular complexity index is 625. The maximum atomic E-state index is 12.5. The van der Waals surface area contributed by atoms with Crippen LogP contribution in [0.1, 0.15) is 24.8 Å². The van der Waals surface area contributed by atoms with Crippen LogP contribution in [0.3, 0.4) is 0 Å². The Kier molecular flexibility index (Phi) is 5.76. The predicted molar refractivity (Wildman–Crippen MR) is 79.2 cm³/mol. The van der Waals surface area contributed by atoms with Crippen LogP contribution in [0.15, 0.2) is 29.2 Å². The highest BCUT2D eigenvalue weighted by Gasteiger charge is 2.23. The van der Waals surface area contributed by atoms with E-state index in [4.69, 9.17) is 9.84 Å². The van der Waals surface area contributed by atoms with E-state index in [0.29, 0.717) is 25.2 Å². The van der Waals surface area contributed by atoms with E-state index in [-0.39, 0.29) is 17.5 Å². The van der Waals surface area contributed by atoms with E-state index < -0.39 is 10.0 Å². The van der Waals surface area contributed by atoms with Crippen LogP contribution in [0.2, 0.25) is 0 Å². The molecule has 0 radical (unpaired) electrons. The summed E-state index contributed by atoms with van der Waals surface area (Å²) in [5, 5.41) is 8.74. The molecule has 1 aromatic rings. The van der Waals surface area contributed by atoms with Crippen molar-refractivity contribution in [3.63, 3.8) is 0 Å².